The molecule has 7 heteroatoms. The summed E-state index contributed by atoms with van der Waals surface area (Å²) in [6.45, 7) is 2.93. The van der Waals surface area contributed by atoms with Crippen LogP contribution in [-0.2, 0) is 18.5 Å². The van der Waals surface area contributed by atoms with Crippen LogP contribution < -0.4 is 0 Å². The molecule has 0 saturated heterocycles. The third-order valence-electron chi connectivity index (χ3n) is 10.1. The Morgan fingerprint density at radius 1 is 0.660 bits per heavy atom. The number of aryl methyl sites for hydroxylation is 1. The molecule has 0 spiro atoms. The third kappa shape index (κ3) is 6.10. The number of hydrogen-bond acceptors (Lipinski definition) is 4. The monoisotopic (exact) mass is 693 g/mol. The fourth-order valence-corrected chi connectivity index (χ4v) is 7.62. The number of tetrazole rings is 1. The van der Waals surface area contributed by atoms with Gasteiger partial charge >= 0.3 is 5.97 Å². The molecule has 2 heterocycles. The Hall–Kier alpha value is -6.60. The summed E-state index contributed by atoms with van der Waals surface area (Å²) < 4.78 is 2.20. The zero-order valence-electron chi connectivity index (χ0n) is 29.5. The van der Waals surface area contributed by atoms with E-state index in [2.05, 4.69) is 78.2 Å². The third-order valence-corrected chi connectivity index (χ3v) is 10.1. The molecular weight excluding hydrogens is 655 g/mol. The molecule has 0 radical (unpaired) electrons. The first-order valence-electron chi connectivity index (χ1n) is 18.1. The number of hydrogen-bond donors (Lipinski definition) is 1. The van der Waals surface area contributed by atoms with Crippen LogP contribution in [0.1, 0.15) is 58.1 Å². The van der Waals surface area contributed by atoms with Crippen LogP contribution in [0.3, 0.4) is 0 Å². The van der Waals surface area contributed by atoms with Gasteiger partial charge in [0.25, 0.3) is 0 Å². The summed E-state index contributed by atoms with van der Waals surface area (Å²) in [7, 11) is 0. The second-order valence-corrected chi connectivity index (χ2v) is 13.3. The van der Waals surface area contributed by atoms with Crippen molar-refractivity contribution in [1.82, 2.24) is 24.8 Å². The van der Waals surface area contributed by atoms with Crippen LogP contribution in [-0.4, -0.2) is 35.9 Å². The smallest absolute Gasteiger partial charge is 0.338 e. The maximum atomic E-state index is 12.6. The van der Waals surface area contributed by atoms with Gasteiger partial charge in [0.1, 0.15) is 0 Å². The zero-order chi connectivity index (χ0) is 36.2. The topological polar surface area (TPSA) is 85.8 Å². The lowest BCUT2D eigenvalue weighted by molar-refractivity contribution is 0.0697. The molecule has 0 aliphatic rings. The van der Waals surface area contributed by atoms with Crippen molar-refractivity contribution >= 4 is 16.9 Å². The SMILES string of the molecule is CCCCn1c(Cc2ccc(-c3ccccc3-c3nnn(C(c4ccccc4)(c4ccccc4)c4ccccc4)n3)cc2)c(C(=O)O)c2ccccc21. The molecule has 0 fully saturated rings. The number of benzene rings is 6. The molecule has 0 amide bonds. The summed E-state index contributed by atoms with van der Waals surface area (Å²) in [4.78, 5) is 14.3. The lowest BCUT2D eigenvalue weighted by Gasteiger charge is -2.34. The van der Waals surface area contributed by atoms with E-state index in [1.807, 2.05) is 97.1 Å². The number of rotatable bonds is 12. The Kier molecular flexibility index (Phi) is 9.21. The molecule has 0 bridgehead atoms. The first kappa shape index (κ1) is 33.5. The van der Waals surface area contributed by atoms with Gasteiger partial charge in [-0.1, -0.05) is 171 Å². The summed E-state index contributed by atoms with van der Waals surface area (Å²) in [5, 5.41) is 25.7. The minimum atomic E-state index is -0.895. The highest BCUT2D eigenvalue weighted by atomic mass is 16.4. The molecule has 8 rings (SSSR count). The highest BCUT2D eigenvalue weighted by Crippen LogP contribution is 2.40. The highest BCUT2D eigenvalue weighted by Gasteiger charge is 2.41. The Labute approximate surface area is 308 Å². The van der Waals surface area contributed by atoms with Gasteiger partial charge in [-0.3, -0.25) is 0 Å². The van der Waals surface area contributed by atoms with Crippen LogP contribution in [0.2, 0.25) is 0 Å². The highest BCUT2D eigenvalue weighted by molar-refractivity contribution is 6.05. The van der Waals surface area contributed by atoms with E-state index in [0.717, 1.165) is 74.9 Å². The van der Waals surface area contributed by atoms with Crippen LogP contribution in [0.5, 0.6) is 0 Å². The Bertz CT molecular complexity index is 2390. The molecule has 0 unspecified atom stereocenters. The minimum Gasteiger partial charge on any atom is -0.478 e. The average molecular weight is 694 g/mol. The van der Waals surface area contributed by atoms with E-state index in [9.17, 15) is 9.90 Å². The van der Waals surface area contributed by atoms with Gasteiger partial charge in [0.2, 0.25) is 5.82 Å². The first-order valence-corrected chi connectivity index (χ1v) is 18.1. The number of carboxylic acid groups (broad SMARTS) is 1. The van der Waals surface area contributed by atoms with E-state index in [1.54, 1.807) is 4.80 Å². The maximum absolute atomic E-state index is 12.6. The van der Waals surface area contributed by atoms with E-state index >= 15 is 0 Å². The standard InChI is InChI=1S/C46H39N5O2/c1-2-3-31-50-41-26-16-15-25-40(41)43(45(52)53)42(50)32-33-27-29-34(30-28-33)38-23-13-14-24-39(38)44-47-49-51(48-44)46(35-17-7-4-8-18-35,36-19-9-5-10-20-36)37-21-11-6-12-22-37/h4-30H,2-3,31-32H2,1H3,(H,52,53). The number of unbranched alkanes of at least 4 members (excludes halogenated alkanes) is 1. The van der Waals surface area contributed by atoms with Crippen molar-refractivity contribution in [2.24, 2.45) is 0 Å². The van der Waals surface area contributed by atoms with Crippen LogP contribution in [0, 0.1) is 0 Å². The zero-order valence-corrected chi connectivity index (χ0v) is 29.5. The molecule has 0 aliphatic heterocycles. The Morgan fingerprint density at radius 3 is 1.79 bits per heavy atom. The molecule has 260 valence electrons. The number of fused-ring (bicyclic) bond motifs is 1. The predicted octanol–water partition coefficient (Wildman–Crippen LogP) is 9.89. The summed E-state index contributed by atoms with van der Waals surface area (Å²) in [5.74, 6) is -0.378. The summed E-state index contributed by atoms with van der Waals surface area (Å²) in [5.41, 5.74) is 8.25. The molecule has 0 atom stereocenters. The number of carboxylic acids is 1. The Balaban J connectivity index is 1.19. The van der Waals surface area contributed by atoms with Crippen LogP contribution >= 0.6 is 0 Å². The van der Waals surface area contributed by atoms with Gasteiger partial charge in [0.15, 0.2) is 5.54 Å². The molecule has 0 aliphatic carbocycles. The van der Waals surface area contributed by atoms with Gasteiger partial charge in [-0.05, 0) is 51.1 Å². The number of para-hydroxylation sites is 1. The quantitative estimate of drug-likeness (QED) is 0.129. The number of nitrogens with zero attached hydrogens (tertiary/aromatic N) is 5. The summed E-state index contributed by atoms with van der Waals surface area (Å²) in [6.07, 6.45) is 2.51. The van der Waals surface area contributed by atoms with Crippen molar-refractivity contribution < 1.29 is 9.90 Å². The van der Waals surface area contributed by atoms with Gasteiger partial charge in [-0.2, -0.15) is 0 Å². The van der Waals surface area contributed by atoms with Gasteiger partial charge < -0.3 is 9.67 Å². The van der Waals surface area contributed by atoms with Gasteiger partial charge in [-0.25, -0.2) is 4.79 Å². The second kappa shape index (κ2) is 14.6. The van der Waals surface area contributed by atoms with Crippen LogP contribution in [0.4, 0.5) is 0 Å². The normalized spacial score (nSPS) is 11.6. The van der Waals surface area contributed by atoms with Crippen molar-refractivity contribution in [3.05, 3.63) is 197 Å². The van der Waals surface area contributed by atoms with E-state index in [4.69, 9.17) is 15.4 Å². The summed E-state index contributed by atoms with van der Waals surface area (Å²) >= 11 is 0. The predicted molar refractivity (Wildman–Crippen MR) is 210 cm³/mol. The number of aromatic nitrogens is 5. The Morgan fingerprint density at radius 2 is 1.21 bits per heavy atom. The van der Waals surface area contributed by atoms with Crippen LogP contribution in [0.15, 0.2) is 164 Å². The van der Waals surface area contributed by atoms with E-state index in [0.29, 0.717) is 17.8 Å². The fourth-order valence-electron chi connectivity index (χ4n) is 7.62. The first-order chi connectivity index (χ1) is 26.1. The molecular formula is C46H39N5O2. The maximum Gasteiger partial charge on any atom is 0.338 e. The molecule has 6 aromatic carbocycles. The van der Waals surface area contributed by atoms with Gasteiger partial charge in [-0.15, -0.1) is 15.0 Å². The fraction of sp³-hybridized carbons (Fsp3) is 0.130. The van der Waals surface area contributed by atoms with Crippen molar-refractivity contribution in [2.75, 3.05) is 0 Å². The lowest BCUT2D eigenvalue weighted by atomic mass is 9.77. The van der Waals surface area contributed by atoms with Gasteiger partial charge in [0, 0.05) is 35.1 Å². The van der Waals surface area contributed by atoms with Crippen molar-refractivity contribution in [3.8, 4) is 22.5 Å². The van der Waals surface area contributed by atoms with E-state index < -0.39 is 11.5 Å². The van der Waals surface area contributed by atoms with Crippen molar-refractivity contribution in [2.45, 2.75) is 38.3 Å². The summed E-state index contributed by atoms with van der Waals surface area (Å²) in [6, 6.07) is 55.3. The van der Waals surface area contributed by atoms with Crippen LogP contribution in [0.25, 0.3) is 33.4 Å². The van der Waals surface area contributed by atoms with Gasteiger partial charge in [0.05, 0.1) is 5.56 Å². The molecule has 2 aromatic heterocycles. The lowest BCUT2D eigenvalue weighted by Crippen LogP contribution is -2.39. The van der Waals surface area contributed by atoms with E-state index in [1.165, 1.54) is 0 Å². The number of aromatic carboxylic acids is 1. The number of carbonyl (C=O) groups is 1. The molecule has 1 N–H and O–H groups in total. The average Bonchev–Trinajstić information content (AvgIpc) is 3.82. The second-order valence-electron chi connectivity index (χ2n) is 13.3. The molecule has 8 aromatic rings. The largest absolute Gasteiger partial charge is 0.478 e. The van der Waals surface area contributed by atoms with E-state index in [-0.39, 0.29) is 0 Å². The van der Waals surface area contributed by atoms with Crippen molar-refractivity contribution in [3.63, 3.8) is 0 Å². The molecule has 7 nitrogen and oxygen atoms in total. The molecule has 0 saturated carbocycles. The van der Waals surface area contributed by atoms with Crippen molar-refractivity contribution in [1.29, 1.82) is 0 Å². The minimum absolute atomic E-state index is 0.387. The molecule has 53 heavy (non-hydrogen) atoms.